The molecule has 40 heavy (non-hydrogen) atoms. The average Bonchev–Trinajstić information content (AvgIpc) is 3.48. The van der Waals surface area contributed by atoms with Gasteiger partial charge in [0.15, 0.2) is 27.3 Å². The molecule has 3 N–H and O–H groups in total. The summed E-state index contributed by atoms with van der Waals surface area (Å²) in [6.07, 6.45) is 2.14. The number of halogens is 4. The number of nitrogens with one attached hydrogen (secondary N) is 2. The first-order valence-corrected chi connectivity index (χ1v) is 14.9. The highest BCUT2D eigenvalue weighted by molar-refractivity contribution is 7.92. The molecule has 3 atom stereocenters. The Kier molecular flexibility index (Phi) is 7.90. The maximum Gasteiger partial charge on any atom is 0.255 e. The number of ether oxygens (including phenoxy) is 1. The van der Waals surface area contributed by atoms with Crippen LogP contribution in [-0.2, 0) is 19.4 Å². The van der Waals surface area contributed by atoms with Gasteiger partial charge in [-0.2, -0.15) is 0 Å². The van der Waals surface area contributed by atoms with Gasteiger partial charge in [-0.05, 0) is 62.1 Å². The van der Waals surface area contributed by atoms with Gasteiger partial charge in [0, 0.05) is 36.5 Å². The molecular weight excluding hydrogens is 573 g/mol. The monoisotopic (exact) mass is 600 g/mol. The van der Waals surface area contributed by atoms with Crippen molar-refractivity contribution in [3.8, 4) is 0 Å². The first kappa shape index (κ1) is 28.8. The second-order valence-electron chi connectivity index (χ2n) is 10.7. The van der Waals surface area contributed by atoms with Crippen molar-refractivity contribution in [2.75, 3.05) is 25.1 Å². The molecule has 3 fully saturated rings. The van der Waals surface area contributed by atoms with E-state index < -0.39 is 44.0 Å². The van der Waals surface area contributed by atoms with Crippen LogP contribution in [0, 0.1) is 35.2 Å². The fraction of sp³-hybridized carbons (Fsp3) is 0.481. The van der Waals surface area contributed by atoms with Gasteiger partial charge in [0.25, 0.3) is 5.91 Å². The van der Waals surface area contributed by atoms with Gasteiger partial charge in [-0.25, -0.2) is 21.6 Å². The molecule has 2 aromatic carbocycles. The van der Waals surface area contributed by atoms with Gasteiger partial charge >= 0.3 is 0 Å². The third kappa shape index (κ3) is 5.34. The summed E-state index contributed by atoms with van der Waals surface area (Å²) >= 11 is 6.26. The number of carbonyl (C=O) groups is 2. The minimum absolute atomic E-state index is 0.0332. The molecule has 8 nitrogen and oxygen atoms in total. The number of hydrogen-bond donors (Lipinski definition) is 3. The lowest BCUT2D eigenvalue weighted by molar-refractivity contribution is -0.128. The SMILES string of the molecule is O=C(Nc1cc(F)c(F)c(F)c1)c1ccc(Cl)c(S(=O)(=O)C2CC3CCC(C2)C3(O)CNC(=O)C2CCOC2)c1. The molecular formula is C27H28ClF3N2O6S. The Morgan fingerprint density at radius 3 is 2.30 bits per heavy atom. The molecule has 5 rings (SSSR count). The predicted octanol–water partition coefficient (Wildman–Crippen LogP) is 3.86. The zero-order valence-electron chi connectivity index (χ0n) is 21.3. The van der Waals surface area contributed by atoms with Crippen LogP contribution in [0.5, 0.6) is 0 Å². The second kappa shape index (κ2) is 11.0. The van der Waals surface area contributed by atoms with Crippen molar-refractivity contribution in [3.05, 3.63) is 58.4 Å². The molecule has 216 valence electrons. The van der Waals surface area contributed by atoms with E-state index in [4.69, 9.17) is 16.3 Å². The van der Waals surface area contributed by atoms with Crippen LogP contribution in [0.2, 0.25) is 5.02 Å². The van der Waals surface area contributed by atoms with Crippen LogP contribution >= 0.6 is 11.6 Å². The number of amides is 2. The van der Waals surface area contributed by atoms with E-state index in [-0.39, 0.29) is 64.2 Å². The molecule has 2 aliphatic carbocycles. The number of anilines is 1. The number of aliphatic hydroxyl groups is 1. The van der Waals surface area contributed by atoms with Crippen molar-refractivity contribution in [1.82, 2.24) is 5.32 Å². The van der Waals surface area contributed by atoms with Crippen LogP contribution in [0.15, 0.2) is 35.2 Å². The van der Waals surface area contributed by atoms with Crippen molar-refractivity contribution < 1.29 is 41.0 Å². The van der Waals surface area contributed by atoms with Crippen molar-refractivity contribution in [2.24, 2.45) is 17.8 Å². The largest absolute Gasteiger partial charge is 0.387 e. The molecule has 1 aliphatic heterocycles. The summed E-state index contributed by atoms with van der Waals surface area (Å²) in [5.41, 5.74) is -1.72. The van der Waals surface area contributed by atoms with Gasteiger partial charge < -0.3 is 20.5 Å². The Morgan fingerprint density at radius 1 is 1.05 bits per heavy atom. The van der Waals surface area contributed by atoms with Crippen LogP contribution in [0.25, 0.3) is 0 Å². The number of fused-ring (bicyclic) bond motifs is 2. The van der Waals surface area contributed by atoms with Gasteiger partial charge in [-0.1, -0.05) is 11.6 Å². The number of benzene rings is 2. The lowest BCUT2D eigenvalue weighted by Crippen LogP contribution is -2.55. The van der Waals surface area contributed by atoms with E-state index in [1.54, 1.807) is 0 Å². The fourth-order valence-corrected chi connectivity index (χ4v) is 8.54. The first-order valence-electron chi connectivity index (χ1n) is 13.0. The summed E-state index contributed by atoms with van der Waals surface area (Å²) in [4.78, 5) is 24.9. The Morgan fingerprint density at radius 2 is 1.70 bits per heavy atom. The van der Waals surface area contributed by atoms with E-state index in [0.29, 0.717) is 44.6 Å². The summed E-state index contributed by atoms with van der Waals surface area (Å²) < 4.78 is 73.0. The van der Waals surface area contributed by atoms with E-state index in [0.717, 1.165) is 6.07 Å². The summed E-state index contributed by atoms with van der Waals surface area (Å²) in [6, 6.07) is 4.80. The number of hydrogen-bond acceptors (Lipinski definition) is 6. The molecule has 0 spiro atoms. The lowest BCUT2D eigenvalue weighted by atomic mass is 9.74. The zero-order valence-corrected chi connectivity index (χ0v) is 22.8. The van der Waals surface area contributed by atoms with E-state index >= 15 is 0 Å². The number of carbonyl (C=O) groups excluding carboxylic acids is 2. The molecule has 2 aromatic rings. The average molecular weight is 601 g/mol. The zero-order chi connectivity index (χ0) is 28.8. The molecule has 13 heteroatoms. The molecule has 0 aromatic heterocycles. The van der Waals surface area contributed by atoms with Crippen LogP contribution < -0.4 is 10.6 Å². The second-order valence-corrected chi connectivity index (χ2v) is 13.3. The van der Waals surface area contributed by atoms with Crippen LogP contribution in [0.4, 0.5) is 18.9 Å². The van der Waals surface area contributed by atoms with E-state index in [9.17, 15) is 36.3 Å². The van der Waals surface area contributed by atoms with Crippen LogP contribution in [0.3, 0.4) is 0 Å². The number of sulfone groups is 1. The molecule has 2 amide bonds. The van der Waals surface area contributed by atoms with Crippen molar-refractivity contribution >= 4 is 38.9 Å². The molecule has 0 radical (unpaired) electrons. The molecule has 3 aliphatic rings. The highest BCUT2D eigenvalue weighted by atomic mass is 35.5. The van der Waals surface area contributed by atoms with E-state index in [1.807, 2.05) is 0 Å². The van der Waals surface area contributed by atoms with Crippen molar-refractivity contribution in [1.29, 1.82) is 0 Å². The highest BCUT2D eigenvalue weighted by Crippen LogP contribution is 2.52. The Balaban J connectivity index is 1.31. The van der Waals surface area contributed by atoms with Gasteiger partial charge in [0.1, 0.15) is 0 Å². The molecule has 2 bridgehead atoms. The smallest absolute Gasteiger partial charge is 0.255 e. The summed E-state index contributed by atoms with van der Waals surface area (Å²) in [6.45, 7) is 0.889. The van der Waals surface area contributed by atoms with Crippen LogP contribution in [0.1, 0.15) is 42.5 Å². The molecule has 2 saturated carbocycles. The minimum Gasteiger partial charge on any atom is -0.387 e. The first-order chi connectivity index (χ1) is 18.9. The summed E-state index contributed by atoms with van der Waals surface area (Å²) in [7, 11) is -4.06. The van der Waals surface area contributed by atoms with Gasteiger partial charge in [-0.15, -0.1) is 0 Å². The molecule has 1 saturated heterocycles. The topological polar surface area (TPSA) is 122 Å². The van der Waals surface area contributed by atoms with Gasteiger partial charge in [-0.3, -0.25) is 9.59 Å². The van der Waals surface area contributed by atoms with Gasteiger partial charge in [0.2, 0.25) is 5.91 Å². The third-order valence-corrected chi connectivity index (χ3v) is 11.1. The third-order valence-electron chi connectivity index (χ3n) is 8.40. The Labute approximate surface area is 234 Å². The summed E-state index contributed by atoms with van der Waals surface area (Å²) in [5.74, 6) is -6.71. The maximum absolute atomic E-state index is 13.7. The standard InChI is InChI=1S/C27H28ClF3N2O6S/c28-20-4-1-14(26(35)33-18-10-21(29)24(31)22(30)11-18)7-23(20)40(37,38)19-8-16-2-3-17(9-19)27(16,36)13-32-25(34)15-5-6-39-12-15/h1,4,7,10-11,15-17,19,36H,2-3,5-6,8-9,12-13H2,(H,32,34)(H,33,35). The Hall–Kier alpha value is -2.67. The number of rotatable bonds is 7. The van der Waals surface area contributed by atoms with Crippen LogP contribution in [-0.4, -0.2) is 55.9 Å². The van der Waals surface area contributed by atoms with Crippen molar-refractivity contribution in [2.45, 2.75) is 47.9 Å². The van der Waals surface area contributed by atoms with E-state index in [2.05, 4.69) is 10.6 Å². The Bertz CT molecular complexity index is 1410. The van der Waals surface area contributed by atoms with E-state index in [1.165, 1.54) is 12.1 Å². The highest BCUT2D eigenvalue weighted by Gasteiger charge is 2.55. The van der Waals surface area contributed by atoms with Gasteiger partial charge in [0.05, 0.1) is 33.3 Å². The molecule has 1 heterocycles. The summed E-state index contributed by atoms with van der Waals surface area (Å²) in [5, 5.41) is 15.6. The normalized spacial score (nSPS) is 27.9. The fourth-order valence-electron chi connectivity index (χ4n) is 6.14. The maximum atomic E-state index is 13.7. The minimum atomic E-state index is -4.06. The quantitative estimate of drug-likeness (QED) is 0.415. The predicted molar refractivity (Wildman–Crippen MR) is 139 cm³/mol. The lowest BCUT2D eigenvalue weighted by Gasteiger charge is -2.42. The van der Waals surface area contributed by atoms with Crippen molar-refractivity contribution in [3.63, 3.8) is 0 Å². The molecule has 3 unspecified atom stereocenters.